The number of nitrogens with one attached hydrogen (secondary N) is 1. The van der Waals surface area contributed by atoms with Crippen molar-refractivity contribution in [2.75, 3.05) is 0 Å². The number of Topliss-reactive ketones (excluding diaryl/α,β-unsaturated/α-hetero) is 1. The highest BCUT2D eigenvalue weighted by Gasteiger charge is 2.20. The summed E-state index contributed by atoms with van der Waals surface area (Å²) in [6, 6.07) is 5.55. The van der Waals surface area contributed by atoms with E-state index in [1.165, 1.54) is 37.4 Å². The molecule has 7 nitrogen and oxygen atoms in total. The predicted octanol–water partition coefficient (Wildman–Crippen LogP) is 1.89. The molecule has 0 fully saturated rings. The first-order chi connectivity index (χ1) is 9.41. The summed E-state index contributed by atoms with van der Waals surface area (Å²) >= 11 is 0. The van der Waals surface area contributed by atoms with Crippen LogP contribution in [0.1, 0.15) is 27.8 Å². The molecule has 1 heterocycles. The van der Waals surface area contributed by atoms with Gasteiger partial charge >= 0.3 is 0 Å². The first-order valence-electron chi connectivity index (χ1n) is 5.68. The number of aromatic amines is 1. The minimum absolute atomic E-state index is 0.0747. The number of aromatic nitrogens is 1. The third-order valence-corrected chi connectivity index (χ3v) is 2.87. The fourth-order valence-corrected chi connectivity index (χ4v) is 1.94. The van der Waals surface area contributed by atoms with Gasteiger partial charge in [0.2, 0.25) is 0 Å². The van der Waals surface area contributed by atoms with Gasteiger partial charge in [-0.1, -0.05) is 0 Å². The molecule has 2 aromatic rings. The van der Waals surface area contributed by atoms with E-state index in [4.69, 9.17) is 5.73 Å². The lowest BCUT2D eigenvalue weighted by Crippen LogP contribution is -2.13. The number of rotatable bonds is 4. The molecule has 0 aliphatic rings. The second-order valence-electron chi connectivity index (χ2n) is 4.18. The van der Waals surface area contributed by atoms with Gasteiger partial charge in [0.05, 0.1) is 4.92 Å². The van der Waals surface area contributed by atoms with Crippen LogP contribution in [0.15, 0.2) is 30.5 Å². The van der Waals surface area contributed by atoms with Crippen LogP contribution < -0.4 is 5.73 Å². The third kappa shape index (κ3) is 2.28. The summed E-state index contributed by atoms with van der Waals surface area (Å²) in [6.45, 7) is 1.36. The summed E-state index contributed by atoms with van der Waals surface area (Å²) in [6.07, 6.45) is 1.40. The molecule has 0 saturated heterocycles. The molecule has 0 radical (unpaired) electrons. The van der Waals surface area contributed by atoms with E-state index in [0.717, 1.165) is 0 Å². The van der Waals surface area contributed by atoms with Gasteiger partial charge in [-0.2, -0.15) is 0 Å². The zero-order valence-electron chi connectivity index (χ0n) is 10.5. The Bertz CT molecular complexity index is 669. The van der Waals surface area contributed by atoms with E-state index in [1.54, 1.807) is 0 Å². The Balaban J connectivity index is 2.61. The van der Waals surface area contributed by atoms with Crippen LogP contribution in [0.5, 0.6) is 0 Å². The minimum Gasteiger partial charge on any atom is -0.364 e. The van der Waals surface area contributed by atoms with Crippen molar-refractivity contribution in [2.24, 2.45) is 5.73 Å². The molecule has 0 unspecified atom stereocenters. The summed E-state index contributed by atoms with van der Waals surface area (Å²) in [5.41, 5.74) is 6.46. The lowest BCUT2D eigenvalue weighted by atomic mass is 9.99. The van der Waals surface area contributed by atoms with E-state index in [0.29, 0.717) is 16.7 Å². The van der Waals surface area contributed by atoms with Crippen LogP contribution in [0.25, 0.3) is 11.1 Å². The van der Waals surface area contributed by atoms with Crippen LogP contribution >= 0.6 is 0 Å². The van der Waals surface area contributed by atoms with Gasteiger partial charge in [-0.15, -0.1) is 0 Å². The zero-order valence-corrected chi connectivity index (χ0v) is 10.5. The molecule has 7 heteroatoms. The van der Waals surface area contributed by atoms with Gasteiger partial charge in [0.15, 0.2) is 5.78 Å². The van der Waals surface area contributed by atoms with Gasteiger partial charge in [-0.3, -0.25) is 19.7 Å². The van der Waals surface area contributed by atoms with Gasteiger partial charge in [-0.25, -0.2) is 0 Å². The number of H-pyrrole nitrogens is 1. The van der Waals surface area contributed by atoms with E-state index in [9.17, 15) is 19.7 Å². The number of nitrogens with zero attached hydrogens (tertiary/aromatic N) is 1. The third-order valence-electron chi connectivity index (χ3n) is 2.87. The Morgan fingerprint density at radius 2 is 1.85 bits per heavy atom. The van der Waals surface area contributed by atoms with Crippen molar-refractivity contribution in [3.05, 3.63) is 51.8 Å². The Kier molecular flexibility index (Phi) is 3.34. The number of amides is 1. The van der Waals surface area contributed by atoms with Crippen molar-refractivity contribution < 1.29 is 14.5 Å². The highest BCUT2D eigenvalue weighted by Crippen LogP contribution is 2.29. The minimum atomic E-state index is -0.703. The molecule has 0 aliphatic heterocycles. The summed E-state index contributed by atoms with van der Waals surface area (Å²) in [5.74, 6) is -0.937. The summed E-state index contributed by atoms with van der Waals surface area (Å²) in [5, 5.41) is 10.6. The van der Waals surface area contributed by atoms with Crippen LogP contribution in [0.2, 0.25) is 0 Å². The summed E-state index contributed by atoms with van der Waals surface area (Å²) < 4.78 is 0. The van der Waals surface area contributed by atoms with Gasteiger partial charge < -0.3 is 10.7 Å². The van der Waals surface area contributed by atoms with Gasteiger partial charge in [0, 0.05) is 29.5 Å². The Morgan fingerprint density at radius 3 is 2.30 bits per heavy atom. The standard InChI is InChI=1S/C13H11N3O4/c1-7(17)10-6-15-12(13(14)18)11(10)8-2-4-9(5-3-8)16(19)20/h2-6,15H,1H3,(H2,14,18). The fourth-order valence-electron chi connectivity index (χ4n) is 1.94. The van der Waals surface area contributed by atoms with E-state index >= 15 is 0 Å². The van der Waals surface area contributed by atoms with Crippen molar-refractivity contribution >= 4 is 17.4 Å². The topological polar surface area (TPSA) is 119 Å². The summed E-state index contributed by atoms with van der Waals surface area (Å²) in [4.78, 5) is 35.7. The second kappa shape index (κ2) is 4.96. The molecule has 0 aliphatic carbocycles. The maximum Gasteiger partial charge on any atom is 0.269 e. The normalized spacial score (nSPS) is 10.2. The monoisotopic (exact) mass is 273 g/mol. The Hall–Kier alpha value is -2.96. The van der Waals surface area contributed by atoms with Crippen LogP contribution in [-0.2, 0) is 0 Å². The molecule has 0 bridgehead atoms. The molecule has 2 rings (SSSR count). The number of benzene rings is 1. The Labute approximate surface area is 113 Å². The number of nitro groups is 1. The van der Waals surface area contributed by atoms with E-state index < -0.39 is 10.8 Å². The molecule has 102 valence electrons. The lowest BCUT2D eigenvalue weighted by Gasteiger charge is -2.04. The van der Waals surface area contributed by atoms with Crippen LogP contribution in [0, 0.1) is 10.1 Å². The molecule has 20 heavy (non-hydrogen) atoms. The van der Waals surface area contributed by atoms with Crippen molar-refractivity contribution in [2.45, 2.75) is 6.92 Å². The van der Waals surface area contributed by atoms with Crippen molar-refractivity contribution in [3.8, 4) is 11.1 Å². The second-order valence-corrected chi connectivity index (χ2v) is 4.18. The van der Waals surface area contributed by atoms with Crippen molar-refractivity contribution in [3.63, 3.8) is 0 Å². The largest absolute Gasteiger partial charge is 0.364 e. The Morgan fingerprint density at radius 1 is 1.25 bits per heavy atom. The van der Waals surface area contributed by atoms with Crippen molar-refractivity contribution in [1.29, 1.82) is 0 Å². The number of hydrogen-bond acceptors (Lipinski definition) is 4. The molecule has 1 aromatic carbocycles. The maximum absolute atomic E-state index is 11.6. The van der Waals surface area contributed by atoms with E-state index in [1.807, 2.05) is 0 Å². The first-order valence-corrected chi connectivity index (χ1v) is 5.68. The van der Waals surface area contributed by atoms with Crippen molar-refractivity contribution in [1.82, 2.24) is 4.98 Å². The number of non-ortho nitro benzene ring substituents is 1. The molecular weight excluding hydrogens is 262 g/mol. The molecule has 0 saturated carbocycles. The first kappa shape index (κ1) is 13.5. The maximum atomic E-state index is 11.6. The number of nitrogens with two attached hydrogens (primary N) is 1. The molecule has 1 amide bonds. The number of hydrogen-bond donors (Lipinski definition) is 2. The average molecular weight is 273 g/mol. The van der Waals surface area contributed by atoms with E-state index in [2.05, 4.69) is 4.98 Å². The van der Waals surface area contributed by atoms with Crippen LogP contribution in [0.4, 0.5) is 5.69 Å². The number of ketones is 1. The number of primary amides is 1. The van der Waals surface area contributed by atoms with Crippen LogP contribution in [-0.4, -0.2) is 21.6 Å². The molecular formula is C13H11N3O4. The van der Waals surface area contributed by atoms with Gasteiger partial charge in [0.25, 0.3) is 11.6 Å². The molecule has 0 spiro atoms. The quantitative estimate of drug-likeness (QED) is 0.502. The predicted molar refractivity (Wildman–Crippen MR) is 71.4 cm³/mol. The molecule has 1 aromatic heterocycles. The lowest BCUT2D eigenvalue weighted by molar-refractivity contribution is -0.384. The number of carbonyl (C=O) groups is 2. The van der Waals surface area contributed by atoms with Gasteiger partial charge in [0.1, 0.15) is 5.69 Å². The highest BCUT2D eigenvalue weighted by molar-refractivity contribution is 6.08. The number of carbonyl (C=O) groups excluding carboxylic acids is 2. The SMILES string of the molecule is CC(=O)c1c[nH]c(C(N)=O)c1-c1ccc([N+](=O)[O-])cc1. The van der Waals surface area contributed by atoms with Crippen LogP contribution in [0.3, 0.4) is 0 Å². The molecule has 0 atom stereocenters. The molecule has 3 N–H and O–H groups in total. The zero-order chi connectivity index (χ0) is 14.9. The number of nitro benzene ring substituents is 1. The van der Waals surface area contributed by atoms with Gasteiger partial charge in [-0.05, 0) is 24.6 Å². The van der Waals surface area contributed by atoms with E-state index in [-0.39, 0.29) is 17.2 Å². The smallest absolute Gasteiger partial charge is 0.269 e. The average Bonchev–Trinajstić information content (AvgIpc) is 2.83. The summed E-state index contributed by atoms with van der Waals surface area (Å²) in [7, 11) is 0. The fraction of sp³-hybridized carbons (Fsp3) is 0.0769. The highest BCUT2D eigenvalue weighted by atomic mass is 16.6.